The first-order valence-electron chi connectivity index (χ1n) is 8.51. The summed E-state index contributed by atoms with van der Waals surface area (Å²) in [5, 5.41) is 8.90. The van der Waals surface area contributed by atoms with Crippen LogP contribution in [0.25, 0.3) is 0 Å². The second-order valence-electron chi connectivity index (χ2n) is 6.31. The highest BCUT2D eigenvalue weighted by Gasteiger charge is 2.36. The smallest absolute Gasteiger partial charge is 0.243 e. The van der Waals surface area contributed by atoms with Crippen LogP contribution < -0.4 is 9.47 Å². The van der Waals surface area contributed by atoms with Crippen molar-refractivity contribution >= 4 is 10.0 Å². The van der Waals surface area contributed by atoms with E-state index in [1.165, 1.54) is 24.3 Å². The van der Waals surface area contributed by atoms with Gasteiger partial charge < -0.3 is 9.47 Å². The fraction of sp³-hybridized carbons (Fsp3) is 0.316. The summed E-state index contributed by atoms with van der Waals surface area (Å²) in [6, 6.07) is 13.5. The van der Waals surface area contributed by atoms with Crippen LogP contribution in [0.1, 0.15) is 30.0 Å². The minimum Gasteiger partial charge on any atom is -0.486 e. The van der Waals surface area contributed by atoms with Crippen molar-refractivity contribution in [2.24, 2.45) is 0 Å². The van der Waals surface area contributed by atoms with E-state index in [1.54, 1.807) is 4.31 Å². The Kier molecular flexibility index (Phi) is 4.31. The van der Waals surface area contributed by atoms with Gasteiger partial charge in [0.15, 0.2) is 11.5 Å². The second kappa shape index (κ2) is 6.63. The summed E-state index contributed by atoms with van der Waals surface area (Å²) in [6.45, 7) is 1.49. The van der Waals surface area contributed by atoms with Crippen molar-refractivity contribution in [3.63, 3.8) is 0 Å². The van der Waals surface area contributed by atoms with Crippen LogP contribution >= 0.6 is 0 Å². The summed E-state index contributed by atoms with van der Waals surface area (Å²) in [5.74, 6) is 1.36. The maximum atomic E-state index is 13.1. The highest BCUT2D eigenvalue weighted by molar-refractivity contribution is 7.89. The Morgan fingerprint density at radius 3 is 2.50 bits per heavy atom. The minimum absolute atomic E-state index is 0.209. The highest BCUT2D eigenvalue weighted by Crippen LogP contribution is 2.40. The number of fused-ring (bicyclic) bond motifs is 1. The van der Waals surface area contributed by atoms with Crippen LogP contribution in [-0.2, 0) is 10.0 Å². The van der Waals surface area contributed by atoms with Crippen molar-refractivity contribution in [2.75, 3.05) is 19.8 Å². The molecule has 0 aliphatic carbocycles. The maximum Gasteiger partial charge on any atom is 0.243 e. The summed E-state index contributed by atoms with van der Waals surface area (Å²) < 4.78 is 38.9. The van der Waals surface area contributed by atoms with Gasteiger partial charge in [-0.25, -0.2) is 8.42 Å². The molecule has 0 saturated carbocycles. The molecule has 0 unspecified atom stereocenters. The predicted molar refractivity (Wildman–Crippen MR) is 94.5 cm³/mol. The first-order valence-corrected chi connectivity index (χ1v) is 9.95. The van der Waals surface area contributed by atoms with Crippen LogP contribution in [0.15, 0.2) is 47.4 Å². The molecule has 0 amide bonds. The van der Waals surface area contributed by atoms with E-state index in [0.717, 1.165) is 18.4 Å². The van der Waals surface area contributed by atoms with E-state index in [4.69, 9.17) is 14.7 Å². The van der Waals surface area contributed by atoms with Gasteiger partial charge in [-0.15, -0.1) is 0 Å². The van der Waals surface area contributed by atoms with Crippen molar-refractivity contribution in [1.29, 1.82) is 5.26 Å². The van der Waals surface area contributed by atoms with Gasteiger partial charge in [0, 0.05) is 6.54 Å². The average Bonchev–Trinajstić information content (AvgIpc) is 3.18. The monoisotopic (exact) mass is 370 g/mol. The maximum absolute atomic E-state index is 13.1. The number of benzene rings is 2. The summed E-state index contributed by atoms with van der Waals surface area (Å²) in [4.78, 5) is 0.209. The Morgan fingerprint density at radius 1 is 1.04 bits per heavy atom. The summed E-state index contributed by atoms with van der Waals surface area (Å²) in [5.41, 5.74) is 1.35. The van der Waals surface area contributed by atoms with Crippen LogP contribution in [0.4, 0.5) is 0 Å². The molecule has 0 aromatic heterocycles. The summed E-state index contributed by atoms with van der Waals surface area (Å²) >= 11 is 0. The van der Waals surface area contributed by atoms with Crippen molar-refractivity contribution in [3.05, 3.63) is 53.6 Å². The van der Waals surface area contributed by atoms with Crippen LogP contribution in [-0.4, -0.2) is 32.5 Å². The van der Waals surface area contributed by atoms with E-state index in [1.807, 2.05) is 24.3 Å². The number of rotatable bonds is 3. The van der Waals surface area contributed by atoms with Gasteiger partial charge in [0.25, 0.3) is 0 Å². The van der Waals surface area contributed by atoms with E-state index in [2.05, 4.69) is 0 Å². The number of nitriles is 1. The first-order chi connectivity index (χ1) is 12.6. The molecule has 2 aliphatic rings. The van der Waals surface area contributed by atoms with Crippen molar-refractivity contribution in [2.45, 2.75) is 23.8 Å². The second-order valence-corrected chi connectivity index (χ2v) is 8.20. The quantitative estimate of drug-likeness (QED) is 0.830. The molecule has 0 spiro atoms. The lowest BCUT2D eigenvalue weighted by atomic mass is 10.0. The highest BCUT2D eigenvalue weighted by atomic mass is 32.2. The topological polar surface area (TPSA) is 79.6 Å². The van der Waals surface area contributed by atoms with E-state index in [-0.39, 0.29) is 10.9 Å². The standard InChI is InChI=1S/C19H18N2O4S/c20-13-14-3-6-16(7-4-14)26(22,23)21-9-1-2-17(21)15-5-8-18-19(12-15)25-11-10-24-18/h3-8,12,17H,1-2,9-11H2/t17-/m0/s1. The van der Waals surface area contributed by atoms with E-state index < -0.39 is 10.0 Å². The van der Waals surface area contributed by atoms with Crippen molar-refractivity contribution < 1.29 is 17.9 Å². The van der Waals surface area contributed by atoms with Gasteiger partial charge in [-0.2, -0.15) is 9.57 Å². The fourth-order valence-corrected chi connectivity index (χ4v) is 5.15. The molecule has 1 saturated heterocycles. The lowest BCUT2D eigenvalue weighted by molar-refractivity contribution is 0.171. The molecule has 1 atom stereocenters. The number of sulfonamides is 1. The normalized spacial score (nSPS) is 19.9. The molecule has 2 aromatic rings. The lowest BCUT2D eigenvalue weighted by Gasteiger charge is -2.26. The Labute approximate surface area is 152 Å². The van der Waals surface area contributed by atoms with Crippen molar-refractivity contribution in [3.8, 4) is 17.6 Å². The van der Waals surface area contributed by atoms with Gasteiger partial charge in [-0.3, -0.25) is 0 Å². The largest absolute Gasteiger partial charge is 0.486 e. The van der Waals surface area contributed by atoms with Gasteiger partial charge >= 0.3 is 0 Å². The van der Waals surface area contributed by atoms with E-state index >= 15 is 0 Å². The molecular weight excluding hydrogens is 352 g/mol. The third kappa shape index (κ3) is 2.91. The zero-order chi connectivity index (χ0) is 18.1. The number of hydrogen-bond donors (Lipinski definition) is 0. The molecule has 1 fully saturated rings. The average molecular weight is 370 g/mol. The third-order valence-corrected chi connectivity index (χ3v) is 6.67. The molecule has 0 N–H and O–H groups in total. The molecule has 26 heavy (non-hydrogen) atoms. The molecule has 2 aliphatic heterocycles. The summed E-state index contributed by atoms with van der Waals surface area (Å²) in [6.07, 6.45) is 1.56. The van der Waals surface area contributed by atoms with Crippen molar-refractivity contribution in [1.82, 2.24) is 4.31 Å². The van der Waals surface area contributed by atoms with E-state index in [9.17, 15) is 8.42 Å². The lowest BCUT2D eigenvalue weighted by Crippen LogP contribution is -2.30. The Balaban J connectivity index is 1.66. The van der Waals surface area contributed by atoms with Crippen LogP contribution in [0, 0.1) is 11.3 Å². The zero-order valence-corrected chi connectivity index (χ0v) is 14.9. The van der Waals surface area contributed by atoms with E-state index in [0.29, 0.717) is 36.8 Å². The molecule has 4 rings (SSSR count). The molecule has 134 valence electrons. The molecule has 2 aromatic carbocycles. The number of hydrogen-bond acceptors (Lipinski definition) is 5. The minimum atomic E-state index is -3.63. The van der Waals surface area contributed by atoms with Gasteiger partial charge in [0.2, 0.25) is 10.0 Å². The Bertz CT molecular complexity index is 964. The Morgan fingerprint density at radius 2 is 1.77 bits per heavy atom. The van der Waals surface area contributed by atoms with Crippen LogP contribution in [0.3, 0.4) is 0 Å². The van der Waals surface area contributed by atoms with Crippen LogP contribution in [0.2, 0.25) is 0 Å². The molecule has 7 heteroatoms. The zero-order valence-electron chi connectivity index (χ0n) is 14.1. The first kappa shape index (κ1) is 16.9. The SMILES string of the molecule is N#Cc1ccc(S(=O)(=O)N2CCC[C@H]2c2ccc3c(c2)OCCO3)cc1. The molecule has 0 radical (unpaired) electrons. The molecule has 2 heterocycles. The van der Waals surface area contributed by atoms with Gasteiger partial charge in [-0.05, 0) is 54.8 Å². The number of ether oxygens (including phenoxy) is 2. The summed E-state index contributed by atoms with van der Waals surface area (Å²) in [7, 11) is -3.63. The number of nitrogens with zero attached hydrogens (tertiary/aromatic N) is 2. The molecule has 0 bridgehead atoms. The molecular formula is C19H18N2O4S. The van der Waals surface area contributed by atoms with Gasteiger partial charge in [0.05, 0.1) is 22.6 Å². The van der Waals surface area contributed by atoms with Crippen LogP contribution in [0.5, 0.6) is 11.5 Å². The third-order valence-electron chi connectivity index (χ3n) is 4.74. The fourth-order valence-electron chi connectivity index (χ4n) is 3.46. The predicted octanol–water partition coefficient (Wildman–Crippen LogP) is 2.86. The molecule has 6 nitrogen and oxygen atoms in total. The van der Waals surface area contributed by atoms with Gasteiger partial charge in [0.1, 0.15) is 13.2 Å². The van der Waals surface area contributed by atoms with Gasteiger partial charge in [-0.1, -0.05) is 6.07 Å². The Hall–Kier alpha value is -2.56.